The third-order valence-electron chi connectivity index (χ3n) is 1.93. The number of nitro groups is 1. The summed E-state index contributed by atoms with van der Waals surface area (Å²) in [5.74, 6) is -7.22. The zero-order chi connectivity index (χ0) is 13.2. The molecule has 0 saturated heterocycles. The summed E-state index contributed by atoms with van der Waals surface area (Å²) >= 11 is 0. The lowest BCUT2D eigenvalue weighted by atomic mass is 10.0. The van der Waals surface area contributed by atoms with Crippen molar-refractivity contribution in [2.24, 2.45) is 0 Å². The molecule has 1 aromatic rings. The maximum Gasteiger partial charge on any atom is 0.309 e. The van der Waals surface area contributed by atoms with E-state index in [1.807, 2.05) is 0 Å². The van der Waals surface area contributed by atoms with Gasteiger partial charge in [0, 0.05) is 12.1 Å². The molecule has 17 heavy (non-hydrogen) atoms. The Balaban J connectivity index is 3.24. The highest BCUT2D eigenvalue weighted by atomic mass is 19.3. The molecule has 0 fully saturated rings. The zero-order valence-corrected chi connectivity index (χ0v) is 8.19. The molecule has 0 saturated carbocycles. The second kappa shape index (κ2) is 4.40. The highest BCUT2D eigenvalue weighted by Gasteiger charge is 2.38. The average molecular weight is 249 g/mol. The summed E-state index contributed by atoms with van der Waals surface area (Å²) in [7, 11) is 0. The van der Waals surface area contributed by atoms with E-state index >= 15 is 0 Å². The van der Waals surface area contributed by atoms with Gasteiger partial charge in [0.05, 0.1) is 10.5 Å². The van der Waals surface area contributed by atoms with E-state index in [4.69, 9.17) is 5.11 Å². The Kier molecular flexibility index (Phi) is 3.35. The van der Waals surface area contributed by atoms with Crippen LogP contribution in [0, 0.1) is 15.9 Å². The van der Waals surface area contributed by atoms with Crippen LogP contribution in [-0.4, -0.2) is 16.0 Å². The molecule has 0 heterocycles. The number of nitro benzene ring substituents is 1. The molecule has 0 bridgehead atoms. The van der Waals surface area contributed by atoms with E-state index in [0.29, 0.717) is 12.1 Å². The molecule has 92 valence electrons. The Morgan fingerprint density at radius 1 is 1.47 bits per heavy atom. The number of carboxylic acids is 1. The van der Waals surface area contributed by atoms with Gasteiger partial charge in [-0.1, -0.05) is 0 Å². The van der Waals surface area contributed by atoms with Gasteiger partial charge in [0.25, 0.3) is 11.6 Å². The van der Waals surface area contributed by atoms with Gasteiger partial charge in [-0.05, 0) is 6.07 Å². The summed E-state index contributed by atoms with van der Waals surface area (Å²) in [6.07, 6.45) is -1.63. The first-order valence-corrected chi connectivity index (χ1v) is 4.28. The molecule has 1 aromatic carbocycles. The van der Waals surface area contributed by atoms with E-state index in [1.54, 1.807) is 0 Å². The van der Waals surface area contributed by atoms with Crippen LogP contribution in [0.2, 0.25) is 0 Å². The minimum atomic E-state index is -4.00. The molecule has 0 unspecified atom stereocenters. The van der Waals surface area contributed by atoms with Crippen molar-refractivity contribution in [1.82, 2.24) is 0 Å². The number of benzene rings is 1. The highest BCUT2D eigenvalue weighted by molar-refractivity contribution is 5.68. The summed E-state index contributed by atoms with van der Waals surface area (Å²) in [5, 5.41) is 18.6. The zero-order valence-electron chi connectivity index (χ0n) is 8.19. The van der Waals surface area contributed by atoms with Crippen LogP contribution >= 0.6 is 0 Å². The molecular formula is C9H6F3NO4. The number of alkyl halides is 2. The van der Waals surface area contributed by atoms with E-state index in [0.717, 1.165) is 6.07 Å². The van der Waals surface area contributed by atoms with Crippen molar-refractivity contribution in [3.05, 3.63) is 39.7 Å². The molecule has 1 rings (SSSR count). The second-order valence-electron chi connectivity index (χ2n) is 3.20. The summed E-state index contributed by atoms with van der Waals surface area (Å²) in [6, 6.07) is 1.55. The maximum absolute atomic E-state index is 13.3. The van der Waals surface area contributed by atoms with Crippen LogP contribution in [0.1, 0.15) is 12.0 Å². The minimum Gasteiger partial charge on any atom is -0.481 e. The quantitative estimate of drug-likeness (QED) is 0.655. The predicted octanol–water partition coefficient (Wildman–Crippen LogP) is 2.30. The molecular weight excluding hydrogens is 243 g/mol. The van der Waals surface area contributed by atoms with E-state index in [-0.39, 0.29) is 0 Å². The SMILES string of the molecule is O=C(O)CC(F)(F)c1cc([N+](=O)[O-])ccc1F. The van der Waals surface area contributed by atoms with Gasteiger partial charge in [-0.2, -0.15) is 0 Å². The first-order chi connectivity index (χ1) is 7.74. The van der Waals surface area contributed by atoms with Gasteiger partial charge in [0.1, 0.15) is 12.2 Å². The van der Waals surface area contributed by atoms with Crippen LogP contribution in [0.3, 0.4) is 0 Å². The number of rotatable bonds is 4. The maximum atomic E-state index is 13.3. The standard InChI is InChI=1S/C9H6F3NO4/c10-7-2-1-5(13(16)17)3-6(7)9(11,12)4-8(14)15/h1-3H,4H2,(H,14,15). The first kappa shape index (κ1) is 12.9. The highest BCUT2D eigenvalue weighted by Crippen LogP contribution is 2.35. The van der Waals surface area contributed by atoms with Gasteiger partial charge in [0.2, 0.25) is 0 Å². The predicted molar refractivity (Wildman–Crippen MR) is 49.2 cm³/mol. The molecule has 0 aromatic heterocycles. The van der Waals surface area contributed by atoms with Gasteiger partial charge in [-0.25, -0.2) is 13.2 Å². The molecule has 0 aliphatic heterocycles. The van der Waals surface area contributed by atoms with Crippen LogP contribution in [0.15, 0.2) is 18.2 Å². The van der Waals surface area contributed by atoms with E-state index in [9.17, 15) is 28.1 Å². The van der Waals surface area contributed by atoms with E-state index in [2.05, 4.69) is 0 Å². The Labute approximate surface area is 92.6 Å². The fourth-order valence-corrected chi connectivity index (χ4v) is 1.19. The number of nitrogens with zero attached hydrogens (tertiary/aromatic N) is 1. The Morgan fingerprint density at radius 3 is 2.53 bits per heavy atom. The molecule has 0 amide bonds. The van der Waals surface area contributed by atoms with Crippen LogP contribution in [-0.2, 0) is 10.7 Å². The van der Waals surface area contributed by atoms with Crippen LogP contribution in [0.4, 0.5) is 18.9 Å². The van der Waals surface area contributed by atoms with Crippen molar-refractivity contribution in [3.63, 3.8) is 0 Å². The Hall–Kier alpha value is -2.12. The third kappa shape index (κ3) is 2.92. The normalized spacial score (nSPS) is 11.2. The van der Waals surface area contributed by atoms with Crippen LogP contribution in [0.25, 0.3) is 0 Å². The molecule has 0 radical (unpaired) electrons. The summed E-state index contributed by atoms with van der Waals surface area (Å²) < 4.78 is 39.6. The van der Waals surface area contributed by atoms with Crippen molar-refractivity contribution < 1.29 is 28.0 Å². The fraction of sp³-hybridized carbons (Fsp3) is 0.222. The van der Waals surface area contributed by atoms with Crippen molar-refractivity contribution in [1.29, 1.82) is 0 Å². The van der Waals surface area contributed by atoms with E-state index in [1.165, 1.54) is 0 Å². The van der Waals surface area contributed by atoms with Gasteiger partial charge in [-0.3, -0.25) is 14.9 Å². The van der Waals surface area contributed by atoms with Crippen molar-refractivity contribution in [2.45, 2.75) is 12.3 Å². The first-order valence-electron chi connectivity index (χ1n) is 4.28. The molecule has 8 heteroatoms. The number of halogens is 3. The lowest BCUT2D eigenvalue weighted by Gasteiger charge is -2.14. The van der Waals surface area contributed by atoms with Crippen molar-refractivity contribution >= 4 is 11.7 Å². The summed E-state index contributed by atoms with van der Waals surface area (Å²) in [4.78, 5) is 19.5. The summed E-state index contributed by atoms with van der Waals surface area (Å²) in [5.41, 5.74) is -2.03. The fourth-order valence-electron chi connectivity index (χ4n) is 1.19. The molecule has 0 atom stereocenters. The molecule has 5 nitrogen and oxygen atoms in total. The molecule has 0 aliphatic rings. The minimum absolute atomic E-state index is 0.332. The topological polar surface area (TPSA) is 80.4 Å². The van der Waals surface area contributed by atoms with Gasteiger partial charge >= 0.3 is 5.97 Å². The van der Waals surface area contributed by atoms with Gasteiger partial charge in [0.15, 0.2) is 0 Å². The Morgan fingerprint density at radius 2 is 2.06 bits per heavy atom. The smallest absolute Gasteiger partial charge is 0.309 e. The molecule has 0 spiro atoms. The van der Waals surface area contributed by atoms with Gasteiger partial charge in [-0.15, -0.1) is 0 Å². The summed E-state index contributed by atoms with van der Waals surface area (Å²) in [6.45, 7) is 0. The monoisotopic (exact) mass is 249 g/mol. The van der Waals surface area contributed by atoms with Crippen molar-refractivity contribution in [3.8, 4) is 0 Å². The van der Waals surface area contributed by atoms with E-state index < -0.39 is 40.3 Å². The number of aliphatic carboxylic acids is 1. The number of non-ortho nitro benzene ring substituents is 1. The third-order valence-corrected chi connectivity index (χ3v) is 1.93. The van der Waals surface area contributed by atoms with Crippen molar-refractivity contribution in [2.75, 3.05) is 0 Å². The number of carboxylic acid groups (broad SMARTS) is 1. The molecule has 0 aliphatic carbocycles. The number of hydrogen-bond donors (Lipinski definition) is 1. The number of carbonyl (C=O) groups is 1. The van der Waals surface area contributed by atoms with Crippen LogP contribution < -0.4 is 0 Å². The number of hydrogen-bond acceptors (Lipinski definition) is 3. The lowest BCUT2D eigenvalue weighted by Crippen LogP contribution is -2.20. The largest absolute Gasteiger partial charge is 0.481 e. The molecule has 1 N–H and O–H groups in total. The van der Waals surface area contributed by atoms with Gasteiger partial charge < -0.3 is 5.11 Å². The lowest BCUT2D eigenvalue weighted by molar-refractivity contribution is -0.385. The second-order valence-corrected chi connectivity index (χ2v) is 3.20. The average Bonchev–Trinajstić information content (AvgIpc) is 2.15. The van der Waals surface area contributed by atoms with Crippen LogP contribution in [0.5, 0.6) is 0 Å². The Bertz CT molecular complexity index is 475.